The predicted octanol–water partition coefficient (Wildman–Crippen LogP) is 4.96. The molecule has 1 unspecified atom stereocenters. The number of H-pyrrole nitrogens is 1. The van der Waals surface area contributed by atoms with Gasteiger partial charge in [0.05, 0.1) is 29.5 Å². The minimum absolute atomic E-state index is 0.0899. The van der Waals surface area contributed by atoms with Gasteiger partial charge in [0.2, 0.25) is 0 Å². The summed E-state index contributed by atoms with van der Waals surface area (Å²) in [6.45, 7) is 17.3. The van der Waals surface area contributed by atoms with Crippen molar-refractivity contribution in [2.75, 3.05) is 0 Å². The maximum Gasteiger partial charge on any atom is 0.135 e. The Morgan fingerprint density at radius 3 is 1.97 bits per heavy atom. The van der Waals surface area contributed by atoms with Crippen molar-refractivity contribution < 1.29 is 0 Å². The van der Waals surface area contributed by atoms with Gasteiger partial charge in [0.15, 0.2) is 0 Å². The largest absolute Gasteiger partial charge is 0.340 e. The van der Waals surface area contributed by atoms with E-state index in [0.29, 0.717) is 0 Å². The van der Waals surface area contributed by atoms with E-state index in [-0.39, 0.29) is 5.41 Å². The zero-order valence-corrected chi connectivity index (χ0v) is 21.8. The molecule has 0 amide bonds. The number of imidazole rings is 1. The molecule has 0 saturated heterocycles. The zero-order valence-electron chi connectivity index (χ0n) is 21.8. The van der Waals surface area contributed by atoms with Crippen molar-refractivity contribution in [3.63, 3.8) is 0 Å². The van der Waals surface area contributed by atoms with Crippen LogP contribution in [0.2, 0.25) is 0 Å². The SMILES string of the molecule is CC(C)(C)c1ncc(-c2cncc(C(C)(C)C(C)(c3ncccn3)C(C)(C)c3ccncn3)n2)[nH]1. The number of aromatic nitrogens is 8. The van der Waals surface area contributed by atoms with Crippen molar-refractivity contribution in [1.82, 2.24) is 39.9 Å². The van der Waals surface area contributed by atoms with Gasteiger partial charge in [-0.1, -0.05) is 55.4 Å². The fourth-order valence-electron chi connectivity index (χ4n) is 4.70. The Balaban J connectivity index is 1.88. The highest BCUT2D eigenvalue weighted by atomic mass is 15.0. The molecule has 0 aromatic carbocycles. The van der Waals surface area contributed by atoms with Crippen molar-refractivity contribution in [3.8, 4) is 11.4 Å². The Labute approximate surface area is 207 Å². The van der Waals surface area contributed by atoms with Gasteiger partial charge in [-0.15, -0.1) is 0 Å². The number of nitrogens with zero attached hydrogens (tertiary/aromatic N) is 7. The van der Waals surface area contributed by atoms with Gasteiger partial charge in [0, 0.05) is 46.4 Å². The predicted molar refractivity (Wildman–Crippen MR) is 136 cm³/mol. The quantitative estimate of drug-likeness (QED) is 0.424. The normalized spacial score (nSPS) is 14.5. The third-order valence-corrected chi connectivity index (χ3v) is 7.57. The van der Waals surface area contributed by atoms with Crippen molar-refractivity contribution >= 4 is 0 Å². The van der Waals surface area contributed by atoms with Crippen LogP contribution in [0.25, 0.3) is 11.4 Å². The number of aromatic amines is 1. The van der Waals surface area contributed by atoms with Gasteiger partial charge in [0.1, 0.15) is 23.7 Å². The summed E-state index contributed by atoms with van der Waals surface area (Å²) >= 11 is 0. The molecule has 1 N–H and O–H groups in total. The molecule has 0 bridgehead atoms. The van der Waals surface area contributed by atoms with Crippen LogP contribution in [-0.2, 0) is 21.7 Å². The number of rotatable bonds is 6. The van der Waals surface area contributed by atoms with Gasteiger partial charge in [-0.25, -0.2) is 29.9 Å². The first-order chi connectivity index (χ1) is 16.4. The molecule has 8 heteroatoms. The van der Waals surface area contributed by atoms with Crippen molar-refractivity contribution in [2.24, 2.45) is 0 Å². The maximum absolute atomic E-state index is 5.09. The first-order valence-corrected chi connectivity index (χ1v) is 11.8. The molecule has 182 valence electrons. The highest BCUT2D eigenvalue weighted by molar-refractivity contribution is 5.53. The Hall–Kier alpha value is -3.55. The fourth-order valence-corrected chi connectivity index (χ4v) is 4.70. The van der Waals surface area contributed by atoms with Crippen LogP contribution in [0.15, 0.2) is 55.6 Å². The molecular weight excluding hydrogens is 436 g/mol. The van der Waals surface area contributed by atoms with E-state index in [2.05, 4.69) is 80.3 Å². The van der Waals surface area contributed by atoms with E-state index in [1.807, 2.05) is 24.5 Å². The van der Waals surface area contributed by atoms with E-state index in [1.165, 1.54) is 0 Å². The molecule has 0 saturated carbocycles. The number of hydrogen-bond donors (Lipinski definition) is 1. The molecule has 4 rings (SSSR count). The lowest BCUT2D eigenvalue weighted by Crippen LogP contribution is -2.56. The molecule has 0 aliphatic heterocycles. The van der Waals surface area contributed by atoms with Gasteiger partial charge >= 0.3 is 0 Å². The third-order valence-electron chi connectivity index (χ3n) is 7.57. The summed E-state index contributed by atoms with van der Waals surface area (Å²) in [7, 11) is 0. The standard InChI is InChI=1S/C27H34N8/c1-24(2,3)22-32-15-19(35-22)18-14-29-16-21(34-18)26(6,7)27(8,23-30-11-9-12-31-23)25(4,5)20-10-13-28-17-33-20/h9-17H,1-8H3,(H,32,35). The van der Waals surface area contributed by atoms with E-state index in [0.717, 1.165) is 34.4 Å². The molecule has 4 aromatic heterocycles. The van der Waals surface area contributed by atoms with Gasteiger partial charge in [-0.3, -0.25) is 4.98 Å². The lowest BCUT2D eigenvalue weighted by Gasteiger charge is -2.52. The van der Waals surface area contributed by atoms with Crippen LogP contribution < -0.4 is 0 Å². The van der Waals surface area contributed by atoms with Crippen molar-refractivity contribution in [3.05, 3.63) is 78.7 Å². The van der Waals surface area contributed by atoms with Crippen LogP contribution >= 0.6 is 0 Å². The van der Waals surface area contributed by atoms with Gasteiger partial charge in [-0.2, -0.15) is 0 Å². The molecule has 1 atom stereocenters. The summed E-state index contributed by atoms with van der Waals surface area (Å²) < 4.78 is 0. The lowest BCUT2D eigenvalue weighted by molar-refractivity contribution is 0.143. The summed E-state index contributed by atoms with van der Waals surface area (Å²) in [5.41, 5.74) is 1.59. The highest BCUT2D eigenvalue weighted by Crippen LogP contribution is 2.53. The van der Waals surface area contributed by atoms with Crippen LogP contribution in [0.1, 0.15) is 78.4 Å². The maximum atomic E-state index is 5.09. The lowest BCUT2D eigenvalue weighted by atomic mass is 9.51. The highest BCUT2D eigenvalue weighted by Gasteiger charge is 2.57. The first kappa shape index (κ1) is 24.6. The monoisotopic (exact) mass is 470 g/mol. The topological polar surface area (TPSA) is 106 Å². The molecule has 0 aliphatic carbocycles. The molecule has 0 spiro atoms. The van der Waals surface area contributed by atoms with Gasteiger partial charge in [-0.05, 0) is 12.1 Å². The zero-order chi connectivity index (χ0) is 25.5. The van der Waals surface area contributed by atoms with E-state index in [1.54, 1.807) is 31.1 Å². The summed E-state index contributed by atoms with van der Waals surface area (Å²) in [4.78, 5) is 35.9. The Morgan fingerprint density at radius 2 is 1.37 bits per heavy atom. The minimum Gasteiger partial charge on any atom is -0.340 e. The Bertz CT molecular complexity index is 1290. The number of hydrogen-bond acceptors (Lipinski definition) is 7. The Kier molecular flexibility index (Phi) is 6.03. The van der Waals surface area contributed by atoms with Gasteiger partial charge in [0.25, 0.3) is 0 Å². The van der Waals surface area contributed by atoms with Crippen LogP contribution in [0.4, 0.5) is 0 Å². The average molecular weight is 471 g/mol. The van der Waals surface area contributed by atoms with E-state index >= 15 is 0 Å². The summed E-state index contributed by atoms with van der Waals surface area (Å²) in [6, 6.07) is 3.79. The molecule has 8 nitrogen and oxygen atoms in total. The van der Waals surface area contributed by atoms with Crippen LogP contribution in [0.3, 0.4) is 0 Å². The minimum atomic E-state index is -0.618. The van der Waals surface area contributed by atoms with Gasteiger partial charge < -0.3 is 4.98 Å². The summed E-state index contributed by atoms with van der Waals surface area (Å²) in [5.74, 6) is 1.63. The summed E-state index contributed by atoms with van der Waals surface area (Å²) in [6.07, 6.45) is 12.4. The number of nitrogens with one attached hydrogen (secondary N) is 1. The van der Waals surface area contributed by atoms with Crippen LogP contribution in [-0.4, -0.2) is 39.9 Å². The Morgan fingerprint density at radius 1 is 0.686 bits per heavy atom. The molecule has 35 heavy (non-hydrogen) atoms. The second kappa shape index (κ2) is 8.59. The van der Waals surface area contributed by atoms with Crippen LogP contribution in [0.5, 0.6) is 0 Å². The molecule has 4 aromatic rings. The molecule has 0 radical (unpaired) electrons. The smallest absolute Gasteiger partial charge is 0.135 e. The van der Waals surface area contributed by atoms with E-state index < -0.39 is 16.2 Å². The van der Waals surface area contributed by atoms with E-state index in [9.17, 15) is 0 Å². The summed E-state index contributed by atoms with van der Waals surface area (Å²) in [5, 5.41) is 0. The average Bonchev–Trinajstić information content (AvgIpc) is 3.36. The van der Waals surface area contributed by atoms with Crippen LogP contribution in [0, 0.1) is 0 Å². The van der Waals surface area contributed by atoms with Crippen molar-refractivity contribution in [1.29, 1.82) is 0 Å². The molecule has 4 heterocycles. The van der Waals surface area contributed by atoms with E-state index in [4.69, 9.17) is 15.0 Å². The first-order valence-electron chi connectivity index (χ1n) is 11.8. The molecule has 0 fully saturated rings. The molecule has 0 aliphatic rings. The fraction of sp³-hybridized carbons (Fsp3) is 0.444. The third kappa shape index (κ3) is 4.11. The second-order valence-electron chi connectivity index (χ2n) is 11.2. The second-order valence-corrected chi connectivity index (χ2v) is 11.2. The van der Waals surface area contributed by atoms with Crippen molar-refractivity contribution in [2.45, 2.75) is 77.0 Å². The molecular formula is C27H34N8.